The largest absolute Gasteiger partial charge is 0.478 e. The van der Waals surface area contributed by atoms with E-state index in [-0.39, 0.29) is 23.4 Å². The molecule has 0 amide bonds. The molecule has 2 N–H and O–H groups in total. The molecule has 0 radical (unpaired) electrons. The maximum atomic E-state index is 11.0. The summed E-state index contributed by atoms with van der Waals surface area (Å²) >= 11 is 0. The lowest BCUT2D eigenvalue weighted by atomic mass is 9.55. The van der Waals surface area contributed by atoms with Gasteiger partial charge in [0.1, 0.15) is 0 Å². The summed E-state index contributed by atoms with van der Waals surface area (Å²) in [5.74, 6) is -0.635. The standard InChI is InChI=1S/C15H22O3/c1-9-4-5-13(16)15(3)7-6-11(8-12(9)15)10(2)14(17)18/h11-13,16H,1-2,4-8H2,3H3,(H,17,18)/t11-,12+,13-,15-/m1/s1. The Bertz CT molecular complexity index is 399. The van der Waals surface area contributed by atoms with Gasteiger partial charge in [-0.25, -0.2) is 4.79 Å². The van der Waals surface area contributed by atoms with Crippen LogP contribution in [0.25, 0.3) is 0 Å². The molecule has 3 heteroatoms. The van der Waals surface area contributed by atoms with Crippen LogP contribution >= 0.6 is 0 Å². The zero-order chi connectivity index (χ0) is 13.5. The number of hydrogen-bond acceptors (Lipinski definition) is 2. The smallest absolute Gasteiger partial charge is 0.331 e. The van der Waals surface area contributed by atoms with E-state index in [1.54, 1.807) is 0 Å². The van der Waals surface area contributed by atoms with E-state index in [9.17, 15) is 9.90 Å². The number of hydrogen-bond donors (Lipinski definition) is 2. The van der Waals surface area contributed by atoms with Crippen molar-refractivity contribution in [3.8, 4) is 0 Å². The summed E-state index contributed by atoms with van der Waals surface area (Å²) < 4.78 is 0. The van der Waals surface area contributed by atoms with Crippen LogP contribution in [0.5, 0.6) is 0 Å². The first-order valence-corrected chi connectivity index (χ1v) is 6.64. The summed E-state index contributed by atoms with van der Waals surface area (Å²) in [7, 11) is 0. The zero-order valence-corrected chi connectivity index (χ0v) is 11.0. The molecule has 3 nitrogen and oxygen atoms in total. The molecule has 2 rings (SSSR count). The number of carboxylic acids is 1. The van der Waals surface area contributed by atoms with Crippen LogP contribution < -0.4 is 0 Å². The molecular formula is C15H22O3. The Morgan fingerprint density at radius 1 is 1.44 bits per heavy atom. The Hall–Kier alpha value is -1.09. The number of fused-ring (bicyclic) bond motifs is 1. The first kappa shape index (κ1) is 13.3. The van der Waals surface area contributed by atoms with Gasteiger partial charge < -0.3 is 10.2 Å². The van der Waals surface area contributed by atoms with Crippen molar-refractivity contribution in [1.82, 2.24) is 0 Å². The van der Waals surface area contributed by atoms with Crippen LogP contribution in [0.2, 0.25) is 0 Å². The maximum absolute atomic E-state index is 11.0. The van der Waals surface area contributed by atoms with Crippen LogP contribution in [-0.2, 0) is 4.79 Å². The summed E-state index contributed by atoms with van der Waals surface area (Å²) in [5.41, 5.74) is 1.36. The number of aliphatic carboxylic acids is 1. The van der Waals surface area contributed by atoms with Gasteiger partial charge in [0.2, 0.25) is 0 Å². The predicted molar refractivity (Wildman–Crippen MR) is 70.1 cm³/mol. The summed E-state index contributed by atoms with van der Waals surface area (Å²) in [5, 5.41) is 19.3. The van der Waals surface area contributed by atoms with Crippen LogP contribution in [0, 0.1) is 17.3 Å². The molecule has 100 valence electrons. The number of carbonyl (C=O) groups is 1. The molecule has 18 heavy (non-hydrogen) atoms. The highest BCUT2D eigenvalue weighted by atomic mass is 16.4. The molecule has 0 heterocycles. The highest BCUT2D eigenvalue weighted by Crippen LogP contribution is 2.54. The van der Waals surface area contributed by atoms with E-state index < -0.39 is 5.97 Å². The SMILES string of the molecule is C=C(C(=O)O)[C@@H]1CC[C@@]2(C)[C@H](O)CCC(=C)[C@@H]2C1. The van der Waals surface area contributed by atoms with Gasteiger partial charge in [0.25, 0.3) is 0 Å². The Morgan fingerprint density at radius 2 is 2.11 bits per heavy atom. The van der Waals surface area contributed by atoms with Gasteiger partial charge >= 0.3 is 5.97 Å². The minimum atomic E-state index is -0.898. The lowest BCUT2D eigenvalue weighted by Crippen LogP contribution is -2.47. The molecule has 2 aliphatic rings. The van der Waals surface area contributed by atoms with Gasteiger partial charge in [0.05, 0.1) is 6.10 Å². The lowest BCUT2D eigenvalue weighted by molar-refractivity contribution is -0.133. The molecule has 0 aliphatic heterocycles. The monoisotopic (exact) mass is 250 g/mol. The van der Waals surface area contributed by atoms with E-state index in [0.717, 1.165) is 32.1 Å². The second kappa shape index (κ2) is 4.54. The minimum absolute atomic E-state index is 0.0302. The second-order valence-corrected chi connectivity index (χ2v) is 6.07. The Morgan fingerprint density at radius 3 is 2.72 bits per heavy atom. The Labute approximate surface area is 108 Å². The van der Waals surface area contributed by atoms with Crippen LogP contribution in [0.3, 0.4) is 0 Å². The topological polar surface area (TPSA) is 57.5 Å². The van der Waals surface area contributed by atoms with Gasteiger partial charge in [-0.05, 0) is 43.9 Å². The van der Waals surface area contributed by atoms with Crippen molar-refractivity contribution in [2.45, 2.75) is 45.1 Å². The predicted octanol–water partition coefficient (Wildman–Crippen LogP) is 2.76. The van der Waals surface area contributed by atoms with Crippen LogP contribution in [0.15, 0.2) is 24.3 Å². The number of allylic oxidation sites excluding steroid dienone is 1. The molecular weight excluding hydrogens is 228 g/mol. The Balaban J connectivity index is 2.19. The van der Waals surface area contributed by atoms with Gasteiger partial charge in [-0.3, -0.25) is 0 Å². The van der Waals surface area contributed by atoms with Crippen molar-refractivity contribution in [1.29, 1.82) is 0 Å². The van der Waals surface area contributed by atoms with E-state index in [1.807, 2.05) is 0 Å². The van der Waals surface area contributed by atoms with E-state index in [1.165, 1.54) is 5.57 Å². The molecule has 0 unspecified atom stereocenters. The quantitative estimate of drug-likeness (QED) is 0.585. The zero-order valence-electron chi connectivity index (χ0n) is 11.0. The Kier molecular flexibility index (Phi) is 3.37. The number of rotatable bonds is 2. The fourth-order valence-corrected chi connectivity index (χ4v) is 3.68. The molecule has 0 bridgehead atoms. The number of aliphatic hydroxyl groups is 1. The van der Waals surface area contributed by atoms with Crippen molar-refractivity contribution in [3.63, 3.8) is 0 Å². The third-order valence-corrected chi connectivity index (χ3v) is 5.11. The fraction of sp³-hybridized carbons (Fsp3) is 0.667. The van der Waals surface area contributed by atoms with Gasteiger partial charge in [-0.2, -0.15) is 0 Å². The number of aliphatic hydroxyl groups excluding tert-OH is 1. The molecule has 0 aromatic rings. The summed E-state index contributed by atoms with van der Waals surface area (Å²) in [6.45, 7) is 9.94. The third-order valence-electron chi connectivity index (χ3n) is 5.11. The molecule has 0 aromatic carbocycles. The van der Waals surface area contributed by atoms with Crippen LogP contribution in [0.1, 0.15) is 39.0 Å². The molecule has 2 saturated carbocycles. The molecule has 2 fully saturated rings. The molecule has 4 atom stereocenters. The molecule has 2 aliphatic carbocycles. The van der Waals surface area contributed by atoms with Crippen molar-refractivity contribution >= 4 is 5.97 Å². The van der Waals surface area contributed by atoms with Crippen molar-refractivity contribution < 1.29 is 15.0 Å². The van der Waals surface area contributed by atoms with Gasteiger partial charge in [-0.1, -0.05) is 25.7 Å². The first-order valence-electron chi connectivity index (χ1n) is 6.64. The fourth-order valence-electron chi connectivity index (χ4n) is 3.68. The average molecular weight is 250 g/mol. The molecule has 0 aromatic heterocycles. The average Bonchev–Trinajstić information content (AvgIpc) is 2.33. The summed E-state index contributed by atoms with van der Waals surface area (Å²) in [6.07, 6.45) is 3.80. The van der Waals surface area contributed by atoms with Crippen molar-refractivity contribution in [3.05, 3.63) is 24.3 Å². The van der Waals surface area contributed by atoms with E-state index in [4.69, 9.17) is 5.11 Å². The summed E-state index contributed by atoms with van der Waals surface area (Å²) in [6, 6.07) is 0. The van der Waals surface area contributed by atoms with E-state index in [0.29, 0.717) is 5.57 Å². The van der Waals surface area contributed by atoms with E-state index in [2.05, 4.69) is 20.1 Å². The second-order valence-electron chi connectivity index (χ2n) is 6.07. The lowest BCUT2D eigenvalue weighted by Gasteiger charge is -2.51. The third kappa shape index (κ3) is 2.01. The van der Waals surface area contributed by atoms with Gasteiger partial charge in [0, 0.05) is 11.0 Å². The molecule has 0 spiro atoms. The van der Waals surface area contributed by atoms with Crippen molar-refractivity contribution in [2.24, 2.45) is 17.3 Å². The minimum Gasteiger partial charge on any atom is -0.478 e. The highest BCUT2D eigenvalue weighted by Gasteiger charge is 2.48. The normalized spacial score (nSPS) is 40.1. The van der Waals surface area contributed by atoms with Crippen LogP contribution in [-0.4, -0.2) is 22.3 Å². The van der Waals surface area contributed by atoms with E-state index >= 15 is 0 Å². The molecule has 0 saturated heterocycles. The van der Waals surface area contributed by atoms with Gasteiger partial charge in [0.15, 0.2) is 0 Å². The van der Waals surface area contributed by atoms with Crippen LogP contribution in [0.4, 0.5) is 0 Å². The number of carboxylic acid groups (broad SMARTS) is 1. The first-order chi connectivity index (χ1) is 8.36. The van der Waals surface area contributed by atoms with Gasteiger partial charge in [-0.15, -0.1) is 0 Å². The maximum Gasteiger partial charge on any atom is 0.331 e. The highest BCUT2D eigenvalue weighted by molar-refractivity contribution is 5.86. The summed E-state index contributed by atoms with van der Waals surface area (Å²) in [4.78, 5) is 11.0. The van der Waals surface area contributed by atoms with Crippen molar-refractivity contribution in [2.75, 3.05) is 0 Å².